The molecule has 122 valence electrons. The molecule has 0 aliphatic carbocycles. The van der Waals surface area contributed by atoms with E-state index in [1.165, 1.54) is 32.6 Å². The van der Waals surface area contributed by atoms with E-state index < -0.39 is 0 Å². The Bertz CT molecular complexity index is 328. The largest absolute Gasteiger partial charge is 0.301 e. The predicted octanol–water partition coefficient (Wildman–Crippen LogP) is 2.46. The molecule has 21 heavy (non-hydrogen) atoms. The summed E-state index contributed by atoms with van der Waals surface area (Å²) in [4.78, 5) is 5.14. The molecule has 0 radical (unpaired) electrons. The first-order valence-electron chi connectivity index (χ1n) is 8.55. The third-order valence-electron chi connectivity index (χ3n) is 4.63. The molecular weight excluding hydrogens is 260 g/mol. The molecule has 2 unspecified atom stereocenters. The molecule has 0 spiro atoms. The van der Waals surface area contributed by atoms with Crippen LogP contribution in [0.4, 0.5) is 0 Å². The summed E-state index contributed by atoms with van der Waals surface area (Å²) in [6.07, 6.45) is 3.25. The Morgan fingerprint density at radius 1 is 1.19 bits per heavy atom. The number of rotatable bonds is 8. The van der Waals surface area contributed by atoms with Crippen LogP contribution in [0.25, 0.3) is 0 Å². The maximum Gasteiger partial charge on any atom is 0.104 e. The second-order valence-electron chi connectivity index (χ2n) is 6.98. The van der Waals surface area contributed by atoms with Gasteiger partial charge in [0.1, 0.15) is 5.54 Å². The van der Waals surface area contributed by atoms with Crippen LogP contribution in [0.15, 0.2) is 0 Å². The van der Waals surface area contributed by atoms with Gasteiger partial charge in [0, 0.05) is 38.3 Å². The maximum atomic E-state index is 9.36. The van der Waals surface area contributed by atoms with Crippen LogP contribution in [-0.4, -0.2) is 60.1 Å². The molecule has 1 saturated heterocycles. The Morgan fingerprint density at radius 2 is 1.81 bits per heavy atom. The lowest BCUT2D eigenvalue weighted by molar-refractivity contribution is 0.0984. The summed E-state index contributed by atoms with van der Waals surface area (Å²) < 4.78 is 0. The van der Waals surface area contributed by atoms with Crippen LogP contribution in [0, 0.1) is 11.3 Å². The Morgan fingerprint density at radius 3 is 2.29 bits per heavy atom. The van der Waals surface area contributed by atoms with Gasteiger partial charge in [0.15, 0.2) is 0 Å². The molecule has 1 aliphatic rings. The number of nitrogens with one attached hydrogen (secondary N) is 1. The molecule has 0 amide bonds. The standard InChI is InChI=1S/C17H34N4/c1-6-16(4)21-12-10-20(11-13-21)9-7-8-17(5,14-18)19-15(2)3/h15-16,19H,6-13H2,1-5H3. The first kappa shape index (κ1) is 18.4. The van der Waals surface area contributed by atoms with Gasteiger partial charge in [0.25, 0.3) is 0 Å². The van der Waals surface area contributed by atoms with Gasteiger partial charge < -0.3 is 4.90 Å². The second-order valence-corrected chi connectivity index (χ2v) is 6.98. The van der Waals surface area contributed by atoms with Crippen LogP contribution in [0.2, 0.25) is 0 Å². The minimum Gasteiger partial charge on any atom is -0.301 e. The number of nitrogens with zero attached hydrogens (tertiary/aromatic N) is 3. The van der Waals surface area contributed by atoms with E-state index in [4.69, 9.17) is 0 Å². The monoisotopic (exact) mass is 294 g/mol. The SMILES string of the molecule is CCC(C)N1CCN(CCCC(C)(C#N)NC(C)C)CC1. The molecule has 0 saturated carbocycles. The Hall–Kier alpha value is -0.630. The Kier molecular flexibility index (Phi) is 7.65. The molecule has 1 heterocycles. The maximum absolute atomic E-state index is 9.36. The van der Waals surface area contributed by atoms with E-state index in [1.807, 2.05) is 6.92 Å². The summed E-state index contributed by atoms with van der Waals surface area (Å²) in [6.45, 7) is 16.7. The van der Waals surface area contributed by atoms with Crippen molar-refractivity contribution in [1.82, 2.24) is 15.1 Å². The number of hydrogen-bond donors (Lipinski definition) is 1. The molecule has 0 aromatic carbocycles. The topological polar surface area (TPSA) is 42.3 Å². The molecule has 1 fully saturated rings. The third kappa shape index (κ3) is 6.34. The van der Waals surface area contributed by atoms with Gasteiger partial charge in [-0.25, -0.2) is 0 Å². The fraction of sp³-hybridized carbons (Fsp3) is 0.941. The van der Waals surface area contributed by atoms with Crippen molar-refractivity contribution >= 4 is 0 Å². The summed E-state index contributed by atoms with van der Waals surface area (Å²) in [5, 5.41) is 12.7. The van der Waals surface area contributed by atoms with Crippen molar-refractivity contribution in [3.63, 3.8) is 0 Å². The molecule has 0 aromatic rings. The summed E-state index contributed by atoms with van der Waals surface area (Å²) >= 11 is 0. The van der Waals surface area contributed by atoms with Crippen molar-refractivity contribution in [3.8, 4) is 6.07 Å². The van der Waals surface area contributed by atoms with Crippen molar-refractivity contribution in [2.24, 2.45) is 0 Å². The molecule has 0 bridgehead atoms. The van der Waals surface area contributed by atoms with E-state index in [0.717, 1.165) is 19.4 Å². The lowest BCUT2D eigenvalue weighted by Crippen LogP contribution is -2.50. The molecule has 1 N–H and O–H groups in total. The molecule has 4 nitrogen and oxygen atoms in total. The van der Waals surface area contributed by atoms with Gasteiger partial charge in [0.05, 0.1) is 6.07 Å². The van der Waals surface area contributed by atoms with Crippen molar-refractivity contribution in [1.29, 1.82) is 5.26 Å². The van der Waals surface area contributed by atoms with E-state index in [0.29, 0.717) is 12.1 Å². The minimum atomic E-state index is -0.382. The number of piperazine rings is 1. The van der Waals surface area contributed by atoms with E-state index in [2.05, 4.69) is 48.9 Å². The van der Waals surface area contributed by atoms with Gasteiger partial charge in [-0.3, -0.25) is 10.2 Å². The summed E-state index contributed by atoms with van der Waals surface area (Å²) in [5.41, 5.74) is -0.382. The van der Waals surface area contributed by atoms with Gasteiger partial charge in [-0.05, 0) is 53.5 Å². The lowest BCUT2D eigenvalue weighted by atomic mass is 9.96. The quantitative estimate of drug-likeness (QED) is 0.747. The zero-order valence-corrected chi connectivity index (χ0v) is 14.7. The average molecular weight is 294 g/mol. The molecule has 2 atom stereocenters. The fourth-order valence-corrected chi connectivity index (χ4v) is 3.14. The lowest BCUT2D eigenvalue weighted by Gasteiger charge is -2.38. The summed E-state index contributed by atoms with van der Waals surface area (Å²) in [6, 6.07) is 3.51. The fourth-order valence-electron chi connectivity index (χ4n) is 3.14. The van der Waals surface area contributed by atoms with Gasteiger partial charge in [0.2, 0.25) is 0 Å². The normalized spacial score (nSPS) is 22.0. The van der Waals surface area contributed by atoms with Crippen molar-refractivity contribution in [3.05, 3.63) is 0 Å². The predicted molar refractivity (Wildman–Crippen MR) is 89.3 cm³/mol. The third-order valence-corrected chi connectivity index (χ3v) is 4.63. The first-order valence-corrected chi connectivity index (χ1v) is 8.55. The highest BCUT2D eigenvalue weighted by Gasteiger charge is 2.25. The Balaban J connectivity index is 2.27. The van der Waals surface area contributed by atoms with Crippen LogP contribution in [0.3, 0.4) is 0 Å². The average Bonchev–Trinajstić information content (AvgIpc) is 2.46. The highest BCUT2D eigenvalue weighted by Crippen LogP contribution is 2.14. The highest BCUT2D eigenvalue weighted by atomic mass is 15.3. The van der Waals surface area contributed by atoms with E-state index >= 15 is 0 Å². The van der Waals surface area contributed by atoms with Gasteiger partial charge in [-0.15, -0.1) is 0 Å². The minimum absolute atomic E-state index is 0.355. The van der Waals surface area contributed by atoms with Crippen LogP contribution in [0.1, 0.15) is 53.9 Å². The van der Waals surface area contributed by atoms with Gasteiger partial charge in [-0.2, -0.15) is 5.26 Å². The van der Waals surface area contributed by atoms with Crippen molar-refractivity contribution < 1.29 is 0 Å². The second kappa shape index (κ2) is 8.73. The Labute approximate surface area is 131 Å². The van der Waals surface area contributed by atoms with Crippen LogP contribution >= 0.6 is 0 Å². The zero-order chi connectivity index (χ0) is 15.9. The highest BCUT2D eigenvalue weighted by molar-refractivity contribution is 5.04. The number of nitriles is 1. The van der Waals surface area contributed by atoms with Crippen molar-refractivity contribution in [2.45, 2.75) is 71.5 Å². The van der Waals surface area contributed by atoms with E-state index in [1.54, 1.807) is 0 Å². The zero-order valence-electron chi connectivity index (χ0n) is 14.7. The smallest absolute Gasteiger partial charge is 0.104 e. The van der Waals surface area contributed by atoms with Crippen LogP contribution < -0.4 is 5.32 Å². The van der Waals surface area contributed by atoms with E-state index in [-0.39, 0.29) is 5.54 Å². The number of hydrogen-bond acceptors (Lipinski definition) is 4. The molecule has 4 heteroatoms. The van der Waals surface area contributed by atoms with Gasteiger partial charge >= 0.3 is 0 Å². The van der Waals surface area contributed by atoms with Crippen LogP contribution in [0.5, 0.6) is 0 Å². The molecule has 1 aliphatic heterocycles. The summed E-state index contributed by atoms with van der Waals surface area (Å²) in [7, 11) is 0. The summed E-state index contributed by atoms with van der Waals surface area (Å²) in [5.74, 6) is 0. The molecular formula is C17H34N4. The van der Waals surface area contributed by atoms with Gasteiger partial charge in [-0.1, -0.05) is 6.92 Å². The molecule has 0 aromatic heterocycles. The van der Waals surface area contributed by atoms with Crippen LogP contribution in [-0.2, 0) is 0 Å². The first-order chi connectivity index (χ1) is 9.90. The van der Waals surface area contributed by atoms with Crippen molar-refractivity contribution in [2.75, 3.05) is 32.7 Å². The van der Waals surface area contributed by atoms with E-state index in [9.17, 15) is 5.26 Å². The molecule has 1 rings (SSSR count).